The van der Waals surface area contributed by atoms with Crippen molar-refractivity contribution in [2.24, 2.45) is 5.73 Å². The third-order valence-electron chi connectivity index (χ3n) is 6.92. The second kappa shape index (κ2) is 12.9. The van der Waals surface area contributed by atoms with Crippen molar-refractivity contribution in [3.05, 3.63) is 98.2 Å². The maximum Gasteiger partial charge on any atom is 0.355 e. The highest BCUT2D eigenvalue weighted by atomic mass is 35.5. The standard InChI is InChI=1S/C32H28Cl2N2O4S/c1-2-3-4-5-6-16-38-20-12-10-19(11-13-20)27-22-15-14-21(17-25(22)40-31(36)23(27)18-35)39-32(37)30-29(34)28-24(33)8-7-9-26(28)41-30/h7-15,17,27H,2-6,16,36H2,1H3. The van der Waals surface area contributed by atoms with Gasteiger partial charge in [0.2, 0.25) is 5.88 Å². The number of fused-ring (bicyclic) bond motifs is 2. The van der Waals surface area contributed by atoms with Gasteiger partial charge in [0.25, 0.3) is 0 Å². The Morgan fingerprint density at radius 2 is 1.80 bits per heavy atom. The molecule has 4 aromatic rings. The van der Waals surface area contributed by atoms with E-state index in [1.54, 1.807) is 30.3 Å². The van der Waals surface area contributed by atoms with Crippen LogP contribution < -0.4 is 19.9 Å². The molecule has 0 spiro atoms. The Bertz CT molecular complexity index is 1660. The Hall–Kier alpha value is -3.70. The molecule has 41 heavy (non-hydrogen) atoms. The first-order valence-corrected chi connectivity index (χ1v) is 15.0. The van der Waals surface area contributed by atoms with Crippen LogP contribution in [0.1, 0.15) is 65.7 Å². The summed E-state index contributed by atoms with van der Waals surface area (Å²) in [5.74, 6) is 0.369. The van der Waals surface area contributed by atoms with Crippen molar-refractivity contribution < 1.29 is 19.0 Å². The molecule has 1 aliphatic rings. The van der Waals surface area contributed by atoms with Crippen LogP contribution in [0.5, 0.6) is 17.2 Å². The fraction of sp³-hybridized carbons (Fsp3) is 0.250. The van der Waals surface area contributed by atoms with Crippen molar-refractivity contribution in [2.75, 3.05) is 6.61 Å². The van der Waals surface area contributed by atoms with Crippen molar-refractivity contribution in [2.45, 2.75) is 44.9 Å². The summed E-state index contributed by atoms with van der Waals surface area (Å²) in [6, 6.07) is 20.2. The fourth-order valence-corrected chi connectivity index (χ4v) is 6.67. The number of benzene rings is 3. The van der Waals surface area contributed by atoms with Gasteiger partial charge >= 0.3 is 5.97 Å². The number of nitriles is 1. The van der Waals surface area contributed by atoms with Crippen molar-refractivity contribution in [1.29, 1.82) is 5.26 Å². The summed E-state index contributed by atoms with van der Waals surface area (Å²) < 4.78 is 18.1. The lowest BCUT2D eigenvalue weighted by Gasteiger charge is -2.26. The van der Waals surface area contributed by atoms with Crippen molar-refractivity contribution in [1.82, 2.24) is 0 Å². The van der Waals surface area contributed by atoms with Gasteiger partial charge in [-0.3, -0.25) is 0 Å². The van der Waals surface area contributed by atoms with E-state index in [1.807, 2.05) is 30.3 Å². The van der Waals surface area contributed by atoms with E-state index in [0.717, 1.165) is 34.4 Å². The number of rotatable bonds is 10. The molecule has 0 aliphatic carbocycles. The van der Waals surface area contributed by atoms with Crippen molar-refractivity contribution in [3.8, 4) is 23.3 Å². The summed E-state index contributed by atoms with van der Waals surface area (Å²) in [7, 11) is 0. The van der Waals surface area contributed by atoms with Gasteiger partial charge in [-0.1, -0.05) is 80.1 Å². The molecule has 2 heterocycles. The zero-order valence-electron chi connectivity index (χ0n) is 22.4. The third-order valence-corrected chi connectivity index (χ3v) is 8.86. The van der Waals surface area contributed by atoms with Gasteiger partial charge in [-0.2, -0.15) is 5.26 Å². The lowest BCUT2D eigenvalue weighted by atomic mass is 9.83. The molecule has 210 valence electrons. The van der Waals surface area contributed by atoms with Gasteiger partial charge in [0, 0.05) is 21.7 Å². The highest BCUT2D eigenvalue weighted by Gasteiger charge is 2.31. The molecule has 0 saturated carbocycles. The van der Waals surface area contributed by atoms with Gasteiger partial charge in [0.15, 0.2) is 0 Å². The summed E-state index contributed by atoms with van der Waals surface area (Å²) in [5, 5.41) is 11.2. The van der Waals surface area contributed by atoms with Crippen LogP contribution in [0.4, 0.5) is 0 Å². The van der Waals surface area contributed by atoms with Crippen LogP contribution in [0.15, 0.2) is 72.1 Å². The van der Waals surface area contributed by atoms with Crippen LogP contribution in [-0.4, -0.2) is 12.6 Å². The summed E-state index contributed by atoms with van der Waals surface area (Å²) in [6.45, 7) is 2.87. The minimum Gasteiger partial charge on any atom is -0.494 e. The Balaban J connectivity index is 1.35. The van der Waals surface area contributed by atoms with E-state index in [2.05, 4.69) is 13.0 Å². The minimum atomic E-state index is -0.609. The molecule has 0 amide bonds. The number of nitrogens with zero attached hydrogens (tertiary/aromatic N) is 1. The van der Waals surface area contributed by atoms with Crippen LogP contribution in [0.2, 0.25) is 10.0 Å². The summed E-state index contributed by atoms with van der Waals surface area (Å²) >= 11 is 14.0. The Labute approximate surface area is 252 Å². The SMILES string of the molecule is CCCCCCCOc1ccc(C2C(C#N)=C(N)Oc3cc(OC(=O)c4sc5cccc(Cl)c5c4Cl)ccc32)cc1. The van der Waals surface area contributed by atoms with Crippen LogP contribution in [-0.2, 0) is 0 Å². The molecule has 2 N–H and O–H groups in total. The van der Waals surface area contributed by atoms with E-state index in [9.17, 15) is 10.1 Å². The van der Waals surface area contributed by atoms with Crippen LogP contribution >= 0.6 is 34.5 Å². The Morgan fingerprint density at radius 1 is 1.05 bits per heavy atom. The quantitative estimate of drug-likeness (QED) is 0.110. The molecule has 0 radical (unpaired) electrons. The number of carbonyl (C=O) groups excluding carboxylic acids is 1. The smallest absolute Gasteiger partial charge is 0.355 e. The average molecular weight is 608 g/mol. The zero-order valence-corrected chi connectivity index (χ0v) is 24.7. The number of allylic oxidation sites excluding steroid dienone is 1. The first-order chi connectivity index (χ1) is 19.9. The highest BCUT2D eigenvalue weighted by molar-refractivity contribution is 7.21. The fourth-order valence-electron chi connectivity index (χ4n) is 4.85. The molecular weight excluding hydrogens is 579 g/mol. The highest BCUT2D eigenvalue weighted by Crippen LogP contribution is 2.44. The number of esters is 1. The normalized spacial score (nSPS) is 14.3. The van der Waals surface area contributed by atoms with E-state index in [-0.39, 0.29) is 21.5 Å². The van der Waals surface area contributed by atoms with Crippen molar-refractivity contribution in [3.63, 3.8) is 0 Å². The van der Waals surface area contributed by atoms with Crippen LogP contribution in [0.3, 0.4) is 0 Å². The second-order valence-corrected chi connectivity index (χ2v) is 11.5. The number of halogens is 2. The van der Waals surface area contributed by atoms with Crippen molar-refractivity contribution >= 4 is 50.6 Å². The predicted octanol–water partition coefficient (Wildman–Crippen LogP) is 8.99. The van der Waals surface area contributed by atoms with Crippen LogP contribution in [0, 0.1) is 11.3 Å². The van der Waals surface area contributed by atoms with E-state index in [1.165, 1.54) is 30.6 Å². The molecule has 5 rings (SSSR count). The number of thiophene rings is 1. The van der Waals surface area contributed by atoms with E-state index in [4.69, 9.17) is 43.1 Å². The minimum absolute atomic E-state index is 0.00285. The molecule has 0 saturated heterocycles. The molecule has 3 aromatic carbocycles. The summed E-state index contributed by atoms with van der Waals surface area (Å²) in [6.07, 6.45) is 5.86. The maximum absolute atomic E-state index is 13.0. The van der Waals surface area contributed by atoms with Crippen LogP contribution in [0.25, 0.3) is 10.1 Å². The van der Waals surface area contributed by atoms with E-state index in [0.29, 0.717) is 28.3 Å². The molecular formula is C32H28Cl2N2O4S. The van der Waals surface area contributed by atoms with Gasteiger partial charge in [-0.25, -0.2) is 4.79 Å². The number of nitrogens with two attached hydrogens (primary N) is 1. The average Bonchev–Trinajstić information content (AvgIpc) is 3.32. The van der Waals surface area contributed by atoms with Gasteiger partial charge in [0.1, 0.15) is 33.8 Å². The molecule has 0 bridgehead atoms. The maximum atomic E-state index is 13.0. The molecule has 6 nitrogen and oxygen atoms in total. The molecule has 9 heteroatoms. The molecule has 1 aromatic heterocycles. The van der Waals surface area contributed by atoms with Gasteiger partial charge < -0.3 is 19.9 Å². The van der Waals surface area contributed by atoms with E-state index >= 15 is 0 Å². The van der Waals surface area contributed by atoms with Gasteiger partial charge in [-0.15, -0.1) is 11.3 Å². The molecule has 1 atom stereocenters. The van der Waals surface area contributed by atoms with Gasteiger partial charge in [0.05, 0.1) is 22.6 Å². The topological polar surface area (TPSA) is 94.6 Å². The Morgan fingerprint density at radius 3 is 2.54 bits per heavy atom. The number of hydrogen-bond donors (Lipinski definition) is 1. The number of hydrogen-bond acceptors (Lipinski definition) is 7. The second-order valence-electron chi connectivity index (χ2n) is 9.70. The molecule has 1 unspecified atom stereocenters. The molecule has 1 aliphatic heterocycles. The Kier molecular flexibility index (Phi) is 9.04. The summed E-state index contributed by atoms with van der Waals surface area (Å²) in [5.41, 5.74) is 8.07. The first kappa shape index (κ1) is 28.8. The zero-order chi connectivity index (χ0) is 28.9. The summed E-state index contributed by atoms with van der Waals surface area (Å²) in [4.78, 5) is 13.3. The lowest BCUT2D eigenvalue weighted by Crippen LogP contribution is -2.21. The van der Waals surface area contributed by atoms with Gasteiger partial charge in [-0.05, 0) is 42.3 Å². The number of ether oxygens (including phenoxy) is 3. The first-order valence-electron chi connectivity index (χ1n) is 13.4. The lowest BCUT2D eigenvalue weighted by molar-refractivity contribution is 0.0740. The predicted molar refractivity (Wildman–Crippen MR) is 163 cm³/mol. The van der Waals surface area contributed by atoms with E-state index < -0.39 is 11.9 Å². The monoisotopic (exact) mass is 606 g/mol. The molecule has 0 fully saturated rings. The number of carbonyl (C=O) groups is 1. The third kappa shape index (κ3) is 6.15. The number of unbranched alkanes of at least 4 members (excludes halogenated alkanes) is 4. The largest absolute Gasteiger partial charge is 0.494 e.